The highest BCUT2D eigenvalue weighted by atomic mass is 15.3. The summed E-state index contributed by atoms with van der Waals surface area (Å²) in [4.78, 5) is 18.4. The number of benzene rings is 1. The van der Waals surface area contributed by atoms with E-state index < -0.39 is 0 Å². The number of likely N-dealkylation sites (tertiary alicyclic amines) is 1. The maximum absolute atomic E-state index is 4.72. The van der Waals surface area contributed by atoms with Crippen LogP contribution in [-0.2, 0) is 6.54 Å². The molecule has 1 atom stereocenters. The number of hydrogen-bond donors (Lipinski definition) is 0. The van der Waals surface area contributed by atoms with Gasteiger partial charge in [-0.05, 0) is 62.7 Å². The molecule has 4 rings (SSSR count). The van der Waals surface area contributed by atoms with Gasteiger partial charge in [0.2, 0.25) is 0 Å². The molecule has 1 aliphatic heterocycles. The largest absolute Gasteiger partial charge is 0.350 e. The van der Waals surface area contributed by atoms with E-state index in [0.717, 1.165) is 36.4 Å². The highest BCUT2D eigenvalue weighted by Crippen LogP contribution is 2.27. The van der Waals surface area contributed by atoms with E-state index in [1.54, 1.807) is 6.33 Å². The number of pyridine rings is 1. The second-order valence-electron chi connectivity index (χ2n) is 7.38. The van der Waals surface area contributed by atoms with Gasteiger partial charge in [0, 0.05) is 36.9 Å². The number of likely N-dealkylation sites (N-methyl/N-ethyl adjacent to an activating group) is 1. The molecule has 1 fully saturated rings. The Morgan fingerprint density at radius 1 is 1.15 bits per heavy atom. The van der Waals surface area contributed by atoms with Crippen LogP contribution in [0, 0.1) is 6.92 Å². The van der Waals surface area contributed by atoms with Gasteiger partial charge < -0.3 is 4.90 Å². The lowest BCUT2D eigenvalue weighted by molar-refractivity contribution is 0.268. The van der Waals surface area contributed by atoms with Gasteiger partial charge in [-0.3, -0.25) is 9.88 Å². The highest BCUT2D eigenvalue weighted by Gasteiger charge is 2.26. The molecule has 0 aliphatic carbocycles. The van der Waals surface area contributed by atoms with Gasteiger partial charge in [0.15, 0.2) is 0 Å². The molecule has 5 nitrogen and oxygen atoms in total. The Morgan fingerprint density at radius 2 is 2.00 bits per heavy atom. The van der Waals surface area contributed by atoms with E-state index in [2.05, 4.69) is 63.9 Å². The van der Waals surface area contributed by atoms with Gasteiger partial charge in [0.05, 0.1) is 5.52 Å². The topological polar surface area (TPSA) is 45.2 Å². The van der Waals surface area contributed by atoms with Crippen molar-refractivity contribution in [1.29, 1.82) is 0 Å². The monoisotopic (exact) mass is 361 g/mol. The van der Waals surface area contributed by atoms with Crippen LogP contribution in [0.5, 0.6) is 0 Å². The SMILES string of the molecule is CCN1CCCC1CN(Cc1ccncc1)c1ncnc2ccc(C)cc12. The minimum Gasteiger partial charge on any atom is -0.350 e. The summed E-state index contributed by atoms with van der Waals surface area (Å²) in [6.07, 6.45) is 7.96. The first-order valence-electron chi connectivity index (χ1n) is 9.84. The fraction of sp³-hybridized carbons (Fsp3) is 0.409. The van der Waals surface area contributed by atoms with Crippen LogP contribution in [0.4, 0.5) is 5.82 Å². The zero-order chi connectivity index (χ0) is 18.6. The first-order valence-corrected chi connectivity index (χ1v) is 9.84. The quantitative estimate of drug-likeness (QED) is 0.668. The van der Waals surface area contributed by atoms with Crippen molar-refractivity contribution < 1.29 is 0 Å². The Labute approximate surface area is 161 Å². The molecule has 0 amide bonds. The summed E-state index contributed by atoms with van der Waals surface area (Å²) in [5.41, 5.74) is 3.49. The summed E-state index contributed by atoms with van der Waals surface area (Å²) in [5, 5.41) is 1.13. The van der Waals surface area contributed by atoms with E-state index in [4.69, 9.17) is 4.98 Å². The lowest BCUT2D eigenvalue weighted by Gasteiger charge is -2.31. The Kier molecular flexibility index (Phi) is 5.30. The molecule has 0 radical (unpaired) electrons. The van der Waals surface area contributed by atoms with Gasteiger partial charge >= 0.3 is 0 Å². The third-order valence-electron chi connectivity index (χ3n) is 5.53. The Balaban J connectivity index is 1.72. The maximum atomic E-state index is 4.72. The summed E-state index contributed by atoms with van der Waals surface area (Å²) in [6.45, 7) is 8.51. The summed E-state index contributed by atoms with van der Waals surface area (Å²) >= 11 is 0. The molecule has 1 aliphatic rings. The molecular formula is C22H27N5. The summed E-state index contributed by atoms with van der Waals surface area (Å²) in [6, 6.07) is 11.2. The van der Waals surface area contributed by atoms with E-state index in [0.29, 0.717) is 6.04 Å². The van der Waals surface area contributed by atoms with E-state index in [9.17, 15) is 0 Å². The molecule has 0 saturated carbocycles. The number of fused-ring (bicyclic) bond motifs is 1. The molecule has 0 spiro atoms. The van der Waals surface area contributed by atoms with Crippen molar-refractivity contribution in [3.8, 4) is 0 Å². The Bertz CT molecular complexity index is 896. The predicted octanol–water partition coefficient (Wildman–Crippen LogP) is 3.82. The zero-order valence-corrected chi connectivity index (χ0v) is 16.2. The molecule has 1 aromatic carbocycles. The van der Waals surface area contributed by atoms with Crippen molar-refractivity contribution in [3.05, 3.63) is 60.2 Å². The lowest BCUT2D eigenvalue weighted by Crippen LogP contribution is -2.40. The third kappa shape index (κ3) is 3.93. The second kappa shape index (κ2) is 8.01. The second-order valence-corrected chi connectivity index (χ2v) is 7.38. The molecule has 0 bridgehead atoms. The molecule has 3 heterocycles. The van der Waals surface area contributed by atoms with Gasteiger partial charge in [0.25, 0.3) is 0 Å². The van der Waals surface area contributed by atoms with Crippen LogP contribution in [0.25, 0.3) is 10.9 Å². The van der Waals surface area contributed by atoms with Crippen LogP contribution in [0.1, 0.15) is 30.9 Å². The number of nitrogens with zero attached hydrogens (tertiary/aromatic N) is 5. The van der Waals surface area contributed by atoms with Crippen LogP contribution < -0.4 is 4.90 Å². The average molecular weight is 361 g/mol. The highest BCUT2D eigenvalue weighted by molar-refractivity contribution is 5.89. The van der Waals surface area contributed by atoms with Crippen molar-refractivity contribution in [3.63, 3.8) is 0 Å². The van der Waals surface area contributed by atoms with Gasteiger partial charge in [-0.2, -0.15) is 0 Å². The number of rotatable bonds is 6. The minimum atomic E-state index is 0.576. The lowest BCUT2D eigenvalue weighted by atomic mass is 10.1. The van der Waals surface area contributed by atoms with Gasteiger partial charge in [-0.15, -0.1) is 0 Å². The van der Waals surface area contributed by atoms with Crippen LogP contribution in [-0.4, -0.2) is 45.5 Å². The van der Waals surface area contributed by atoms with Crippen molar-refractivity contribution in [1.82, 2.24) is 19.9 Å². The third-order valence-corrected chi connectivity index (χ3v) is 5.53. The van der Waals surface area contributed by atoms with Crippen molar-refractivity contribution in [2.24, 2.45) is 0 Å². The van der Waals surface area contributed by atoms with E-state index in [1.807, 2.05) is 12.4 Å². The Morgan fingerprint density at radius 3 is 2.81 bits per heavy atom. The summed E-state index contributed by atoms with van der Waals surface area (Å²) < 4.78 is 0. The molecule has 1 saturated heterocycles. The van der Waals surface area contributed by atoms with Crippen molar-refractivity contribution in [2.75, 3.05) is 24.5 Å². The van der Waals surface area contributed by atoms with Crippen LogP contribution >= 0.6 is 0 Å². The van der Waals surface area contributed by atoms with Gasteiger partial charge in [-0.1, -0.05) is 18.6 Å². The normalized spacial score (nSPS) is 17.5. The molecular weight excluding hydrogens is 334 g/mol. The molecule has 0 N–H and O–H groups in total. The number of hydrogen-bond acceptors (Lipinski definition) is 5. The fourth-order valence-corrected chi connectivity index (χ4v) is 4.12. The minimum absolute atomic E-state index is 0.576. The average Bonchev–Trinajstić information content (AvgIpc) is 3.15. The number of aryl methyl sites for hydroxylation is 1. The van der Waals surface area contributed by atoms with E-state index in [-0.39, 0.29) is 0 Å². The van der Waals surface area contributed by atoms with Crippen molar-refractivity contribution >= 4 is 16.7 Å². The first kappa shape index (κ1) is 17.9. The molecule has 2 aromatic heterocycles. The predicted molar refractivity (Wildman–Crippen MR) is 110 cm³/mol. The summed E-state index contributed by atoms with van der Waals surface area (Å²) in [5.74, 6) is 1.03. The van der Waals surface area contributed by atoms with Crippen LogP contribution in [0.15, 0.2) is 49.1 Å². The Hall–Kier alpha value is -2.53. The number of aromatic nitrogens is 3. The molecule has 140 valence electrons. The van der Waals surface area contributed by atoms with Gasteiger partial charge in [-0.25, -0.2) is 9.97 Å². The van der Waals surface area contributed by atoms with Gasteiger partial charge in [0.1, 0.15) is 12.1 Å². The van der Waals surface area contributed by atoms with Crippen LogP contribution in [0.2, 0.25) is 0 Å². The fourth-order valence-electron chi connectivity index (χ4n) is 4.12. The van der Waals surface area contributed by atoms with E-state index in [1.165, 1.54) is 30.5 Å². The zero-order valence-electron chi connectivity index (χ0n) is 16.2. The van der Waals surface area contributed by atoms with Crippen LogP contribution in [0.3, 0.4) is 0 Å². The molecule has 5 heteroatoms. The molecule has 27 heavy (non-hydrogen) atoms. The first-order chi connectivity index (χ1) is 13.2. The molecule has 3 aromatic rings. The van der Waals surface area contributed by atoms with E-state index >= 15 is 0 Å². The smallest absolute Gasteiger partial charge is 0.140 e. The standard InChI is InChI=1S/C22H27N5/c1-3-26-12-4-5-19(26)15-27(14-18-8-10-23-11-9-18)22-20-13-17(2)6-7-21(20)24-16-25-22/h6-11,13,16,19H,3-5,12,14-15H2,1-2H3. The maximum Gasteiger partial charge on any atom is 0.140 e. The molecule has 1 unspecified atom stereocenters. The van der Waals surface area contributed by atoms with Crippen molar-refractivity contribution in [2.45, 2.75) is 39.3 Å². The summed E-state index contributed by atoms with van der Waals surface area (Å²) in [7, 11) is 0. The number of anilines is 1.